The maximum absolute atomic E-state index is 12.8. The highest BCUT2D eigenvalue weighted by Gasteiger charge is 2.19. The second-order valence-corrected chi connectivity index (χ2v) is 7.77. The van der Waals surface area contributed by atoms with Crippen molar-refractivity contribution >= 4 is 29.3 Å². The van der Waals surface area contributed by atoms with Crippen molar-refractivity contribution in [2.75, 3.05) is 17.2 Å². The van der Waals surface area contributed by atoms with Gasteiger partial charge in [-0.3, -0.25) is 4.79 Å². The maximum Gasteiger partial charge on any atom is 0.256 e. The summed E-state index contributed by atoms with van der Waals surface area (Å²) in [6.45, 7) is 3.32. The molecular formula is C21H29ClN6O. The molecule has 0 saturated heterocycles. The Balaban J connectivity index is 1.71. The third-order valence-electron chi connectivity index (χ3n) is 5.03. The Kier molecular flexibility index (Phi) is 8.04. The zero-order valence-electron chi connectivity index (χ0n) is 16.9. The van der Waals surface area contributed by atoms with Crippen molar-refractivity contribution in [2.45, 2.75) is 64.5 Å². The first-order valence-electron chi connectivity index (χ1n) is 10.4. The van der Waals surface area contributed by atoms with Crippen LogP contribution in [0.2, 0.25) is 5.15 Å². The van der Waals surface area contributed by atoms with Crippen LogP contribution in [0, 0.1) is 0 Å². The number of hydrogen-bond donors (Lipinski definition) is 3. The molecule has 3 N–H and O–H groups in total. The van der Waals surface area contributed by atoms with Crippen LogP contribution in [0.25, 0.3) is 0 Å². The molecule has 8 heteroatoms. The molecule has 3 rings (SSSR count). The van der Waals surface area contributed by atoms with E-state index in [9.17, 15) is 4.79 Å². The number of hydrogen-bond acceptors (Lipinski definition) is 6. The molecule has 2 aromatic heterocycles. The molecule has 1 fully saturated rings. The van der Waals surface area contributed by atoms with E-state index in [-0.39, 0.29) is 5.91 Å². The summed E-state index contributed by atoms with van der Waals surface area (Å²) in [6, 6.07) is 3.89. The van der Waals surface area contributed by atoms with E-state index >= 15 is 0 Å². The smallest absolute Gasteiger partial charge is 0.256 e. The predicted octanol–water partition coefficient (Wildman–Crippen LogP) is 4.41. The van der Waals surface area contributed by atoms with Gasteiger partial charge in [-0.2, -0.15) is 4.98 Å². The van der Waals surface area contributed by atoms with Gasteiger partial charge in [0, 0.05) is 31.5 Å². The van der Waals surface area contributed by atoms with Crippen LogP contribution in [0.3, 0.4) is 0 Å². The minimum absolute atomic E-state index is 0.210. The first-order chi connectivity index (χ1) is 14.2. The van der Waals surface area contributed by atoms with E-state index in [0.717, 1.165) is 37.8 Å². The molecule has 0 radical (unpaired) electrons. The van der Waals surface area contributed by atoms with Crippen LogP contribution in [0.5, 0.6) is 0 Å². The molecule has 1 aliphatic carbocycles. The lowest BCUT2D eigenvalue weighted by atomic mass is 9.95. The zero-order chi connectivity index (χ0) is 20.5. The van der Waals surface area contributed by atoms with Crippen LogP contribution in [0.4, 0.5) is 11.8 Å². The molecule has 1 aliphatic rings. The quantitative estimate of drug-likeness (QED) is 0.414. The number of carbonyl (C=O) groups excluding carboxylic acids is 1. The fourth-order valence-corrected chi connectivity index (χ4v) is 3.46. The molecule has 1 amide bonds. The first kappa shape index (κ1) is 21.3. The Morgan fingerprint density at radius 3 is 2.72 bits per heavy atom. The molecule has 1 saturated carbocycles. The highest BCUT2D eigenvalue weighted by molar-refractivity contribution is 6.29. The van der Waals surface area contributed by atoms with E-state index in [1.807, 2.05) is 6.07 Å². The molecule has 156 valence electrons. The number of carbonyl (C=O) groups is 1. The molecule has 0 aromatic carbocycles. The fourth-order valence-electron chi connectivity index (χ4n) is 3.35. The summed E-state index contributed by atoms with van der Waals surface area (Å²) in [5, 5.41) is 10.1. The molecular weight excluding hydrogens is 388 g/mol. The van der Waals surface area contributed by atoms with Crippen molar-refractivity contribution in [2.24, 2.45) is 0 Å². The van der Waals surface area contributed by atoms with Gasteiger partial charge in [-0.25, -0.2) is 9.97 Å². The largest absolute Gasteiger partial charge is 0.367 e. The highest BCUT2D eigenvalue weighted by Crippen LogP contribution is 2.23. The van der Waals surface area contributed by atoms with E-state index in [2.05, 4.69) is 37.8 Å². The van der Waals surface area contributed by atoms with E-state index in [0.29, 0.717) is 35.1 Å². The summed E-state index contributed by atoms with van der Waals surface area (Å²) in [7, 11) is 0. The van der Waals surface area contributed by atoms with Crippen LogP contribution in [0.1, 0.15) is 67.8 Å². The number of nitrogens with zero attached hydrogens (tertiary/aromatic N) is 3. The average Bonchev–Trinajstić information content (AvgIpc) is 2.74. The predicted molar refractivity (Wildman–Crippen MR) is 116 cm³/mol. The lowest BCUT2D eigenvalue weighted by Crippen LogP contribution is -2.28. The van der Waals surface area contributed by atoms with Crippen molar-refractivity contribution in [1.82, 2.24) is 20.3 Å². The lowest BCUT2D eigenvalue weighted by molar-refractivity contribution is 0.0951. The van der Waals surface area contributed by atoms with Crippen LogP contribution in [-0.2, 0) is 6.54 Å². The third kappa shape index (κ3) is 6.56. The number of unbranched alkanes of at least 4 members (excludes halogenated alkanes) is 1. The Morgan fingerprint density at radius 2 is 2.00 bits per heavy atom. The number of nitrogens with one attached hydrogen (secondary N) is 3. The number of anilines is 2. The summed E-state index contributed by atoms with van der Waals surface area (Å²) in [6.07, 6.45) is 11.3. The standard InChI is InChI=1S/C21H29ClN6O/c1-2-3-11-23-21-26-14-17(19(28-21)27-16-7-5-4-6-8-16)20(29)25-13-15-9-10-18(22)24-12-15/h9-10,12,14,16H,2-8,11,13H2,1H3,(H,25,29)(H2,23,26,27,28). The van der Waals surface area contributed by atoms with Gasteiger partial charge < -0.3 is 16.0 Å². The van der Waals surface area contributed by atoms with Crippen LogP contribution >= 0.6 is 11.6 Å². The maximum atomic E-state index is 12.8. The van der Waals surface area contributed by atoms with Crippen LogP contribution in [-0.4, -0.2) is 33.4 Å². The van der Waals surface area contributed by atoms with Gasteiger partial charge in [0.05, 0.1) is 0 Å². The summed E-state index contributed by atoms with van der Waals surface area (Å²) in [5.74, 6) is 0.936. The molecule has 2 aromatic rings. The topological polar surface area (TPSA) is 91.8 Å². The van der Waals surface area contributed by atoms with Crippen molar-refractivity contribution in [3.63, 3.8) is 0 Å². The number of aromatic nitrogens is 3. The fraction of sp³-hybridized carbons (Fsp3) is 0.524. The molecule has 0 spiro atoms. The number of amides is 1. The van der Waals surface area contributed by atoms with Crippen molar-refractivity contribution in [3.05, 3.63) is 40.8 Å². The minimum Gasteiger partial charge on any atom is -0.367 e. The van der Waals surface area contributed by atoms with Crippen molar-refractivity contribution < 1.29 is 4.79 Å². The third-order valence-corrected chi connectivity index (χ3v) is 5.26. The van der Waals surface area contributed by atoms with Crippen molar-refractivity contribution in [1.29, 1.82) is 0 Å². The summed E-state index contributed by atoms with van der Waals surface area (Å²) in [5.41, 5.74) is 1.34. The molecule has 29 heavy (non-hydrogen) atoms. The first-order valence-corrected chi connectivity index (χ1v) is 10.8. The Labute approximate surface area is 177 Å². The van der Waals surface area contributed by atoms with E-state index in [4.69, 9.17) is 11.6 Å². The van der Waals surface area contributed by atoms with Gasteiger partial charge in [-0.05, 0) is 30.9 Å². The Bertz CT molecular complexity index is 792. The van der Waals surface area contributed by atoms with Gasteiger partial charge in [0.15, 0.2) is 0 Å². The average molecular weight is 417 g/mol. The molecule has 0 atom stereocenters. The van der Waals surface area contributed by atoms with Gasteiger partial charge in [-0.1, -0.05) is 50.3 Å². The molecule has 7 nitrogen and oxygen atoms in total. The van der Waals surface area contributed by atoms with Gasteiger partial charge >= 0.3 is 0 Å². The van der Waals surface area contributed by atoms with E-state index < -0.39 is 0 Å². The molecule has 2 heterocycles. The van der Waals surface area contributed by atoms with Gasteiger partial charge in [0.2, 0.25) is 5.95 Å². The van der Waals surface area contributed by atoms with Gasteiger partial charge in [-0.15, -0.1) is 0 Å². The van der Waals surface area contributed by atoms with Gasteiger partial charge in [0.25, 0.3) is 5.91 Å². The zero-order valence-corrected chi connectivity index (χ0v) is 17.6. The lowest BCUT2D eigenvalue weighted by Gasteiger charge is -2.24. The van der Waals surface area contributed by atoms with Crippen LogP contribution < -0.4 is 16.0 Å². The number of halogens is 1. The molecule has 0 unspecified atom stereocenters. The summed E-state index contributed by atoms with van der Waals surface area (Å²) in [4.78, 5) is 25.8. The van der Waals surface area contributed by atoms with Crippen LogP contribution in [0.15, 0.2) is 24.5 Å². The second kappa shape index (κ2) is 11.0. The summed E-state index contributed by atoms with van der Waals surface area (Å²) < 4.78 is 0. The minimum atomic E-state index is -0.210. The van der Waals surface area contributed by atoms with Gasteiger partial charge in [0.1, 0.15) is 16.5 Å². The molecule has 0 bridgehead atoms. The molecule has 0 aliphatic heterocycles. The summed E-state index contributed by atoms with van der Waals surface area (Å²) >= 11 is 5.81. The van der Waals surface area contributed by atoms with E-state index in [1.165, 1.54) is 19.3 Å². The monoisotopic (exact) mass is 416 g/mol. The Morgan fingerprint density at radius 1 is 1.17 bits per heavy atom. The highest BCUT2D eigenvalue weighted by atomic mass is 35.5. The number of pyridine rings is 1. The SMILES string of the molecule is CCCCNc1ncc(C(=O)NCc2ccc(Cl)nc2)c(NC2CCCCC2)n1. The van der Waals surface area contributed by atoms with E-state index in [1.54, 1.807) is 18.5 Å². The Hall–Kier alpha value is -2.41. The van der Waals surface area contributed by atoms with Crippen molar-refractivity contribution in [3.8, 4) is 0 Å². The number of rotatable bonds is 9. The second-order valence-electron chi connectivity index (χ2n) is 7.39. The normalized spacial score (nSPS) is 14.4.